The lowest BCUT2D eigenvalue weighted by molar-refractivity contribution is -0.154. The number of carbonyl (C=O) groups is 2. The minimum atomic E-state index is -0.912. The highest BCUT2D eigenvalue weighted by Gasteiger charge is 2.59. The maximum absolute atomic E-state index is 13.4. The summed E-state index contributed by atoms with van der Waals surface area (Å²) < 4.78 is 0. The lowest BCUT2D eigenvalue weighted by Crippen LogP contribution is -2.55. The standard InChI is InChI=1S/C19H24O2/c1-12-4-3-5-18(2,16(12)20)17(21)19-9-13-6-14(10-19)8-15(7-13)11-19/h3-5,13-15H,6-11H2,1-2H3. The van der Waals surface area contributed by atoms with Crippen LogP contribution in [-0.4, -0.2) is 11.6 Å². The number of Topliss-reactive ketones (excluding diaryl/α,β-unsaturated/α-hetero) is 2. The van der Waals surface area contributed by atoms with Crippen LogP contribution < -0.4 is 0 Å². The molecule has 1 atom stereocenters. The highest BCUT2D eigenvalue weighted by molar-refractivity contribution is 6.17. The van der Waals surface area contributed by atoms with Crippen LogP contribution in [-0.2, 0) is 9.59 Å². The molecule has 4 bridgehead atoms. The van der Waals surface area contributed by atoms with Crippen LogP contribution in [0.15, 0.2) is 23.8 Å². The predicted molar refractivity (Wildman–Crippen MR) is 81.6 cm³/mol. The zero-order valence-corrected chi connectivity index (χ0v) is 13.0. The summed E-state index contributed by atoms with van der Waals surface area (Å²) in [6.07, 6.45) is 12.7. The van der Waals surface area contributed by atoms with Crippen molar-refractivity contribution in [3.05, 3.63) is 23.8 Å². The van der Waals surface area contributed by atoms with E-state index in [9.17, 15) is 9.59 Å². The number of allylic oxidation sites excluding steroid dienone is 4. The van der Waals surface area contributed by atoms with Gasteiger partial charge in [-0.3, -0.25) is 9.59 Å². The van der Waals surface area contributed by atoms with Gasteiger partial charge >= 0.3 is 0 Å². The van der Waals surface area contributed by atoms with E-state index < -0.39 is 5.41 Å². The summed E-state index contributed by atoms with van der Waals surface area (Å²) in [6.45, 7) is 3.68. The SMILES string of the molecule is CC1=CC=CC(C)(C(=O)C23CC4CC(CC(C4)C2)C3)C1=O. The Kier molecular flexibility index (Phi) is 2.68. The fraction of sp³-hybridized carbons (Fsp3) is 0.684. The van der Waals surface area contributed by atoms with Crippen molar-refractivity contribution in [2.45, 2.75) is 52.4 Å². The van der Waals surface area contributed by atoms with E-state index in [0.717, 1.165) is 42.6 Å². The molecule has 0 N–H and O–H groups in total. The van der Waals surface area contributed by atoms with Gasteiger partial charge in [0, 0.05) is 5.41 Å². The van der Waals surface area contributed by atoms with Crippen molar-refractivity contribution in [2.75, 3.05) is 0 Å². The Labute approximate surface area is 126 Å². The molecule has 0 aromatic carbocycles. The maximum atomic E-state index is 13.4. The Balaban J connectivity index is 1.70. The zero-order valence-electron chi connectivity index (χ0n) is 13.0. The average Bonchev–Trinajstić information content (AvgIpc) is 2.42. The van der Waals surface area contributed by atoms with Crippen LogP contribution in [0.1, 0.15) is 52.4 Å². The molecule has 5 aliphatic rings. The molecule has 5 aliphatic carbocycles. The van der Waals surface area contributed by atoms with Crippen LogP contribution in [0.2, 0.25) is 0 Å². The molecule has 0 saturated heterocycles. The first-order valence-electron chi connectivity index (χ1n) is 8.39. The fourth-order valence-corrected chi connectivity index (χ4v) is 6.06. The molecule has 1 unspecified atom stereocenters. The van der Waals surface area contributed by atoms with Crippen molar-refractivity contribution in [1.82, 2.24) is 0 Å². The summed E-state index contributed by atoms with van der Waals surface area (Å²) in [4.78, 5) is 26.1. The quantitative estimate of drug-likeness (QED) is 0.721. The van der Waals surface area contributed by atoms with Gasteiger partial charge in [0.05, 0.1) is 0 Å². The van der Waals surface area contributed by atoms with Gasteiger partial charge in [-0.25, -0.2) is 0 Å². The summed E-state index contributed by atoms with van der Waals surface area (Å²) in [5.74, 6) is 2.46. The molecule has 2 nitrogen and oxygen atoms in total. The Bertz CT molecular complexity index is 545. The monoisotopic (exact) mass is 284 g/mol. The Hall–Kier alpha value is -1.18. The second-order valence-electron chi connectivity index (χ2n) is 8.27. The molecule has 0 heterocycles. The van der Waals surface area contributed by atoms with Gasteiger partial charge in [0.2, 0.25) is 0 Å². The predicted octanol–water partition coefficient (Wildman–Crippen LogP) is 3.86. The van der Waals surface area contributed by atoms with Crippen LogP contribution in [0.4, 0.5) is 0 Å². The fourth-order valence-electron chi connectivity index (χ4n) is 6.06. The highest BCUT2D eigenvalue weighted by atomic mass is 16.2. The van der Waals surface area contributed by atoms with Crippen LogP contribution in [0.3, 0.4) is 0 Å². The highest BCUT2D eigenvalue weighted by Crippen LogP contribution is 2.62. The van der Waals surface area contributed by atoms with Crippen molar-refractivity contribution < 1.29 is 9.59 Å². The van der Waals surface area contributed by atoms with E-state index in [1.54, 1.807) is 0 Å². The van der Waals surface area contributed by atoms with Crippen molar-refractivity contribution >= 4 is 11.6 Å². The summed E-state index contributed by atoms with van der Waals surface area (Å²) in [7, 11) is 0. The first kappa shape index (κ1) is 13.5. The molecule has 2 heteroatoms. The summed E-state index contributed by atoms with van der Waals surface area (Å²) >= 11 is 0. The van der Waals surface area contributed by atoms with Crippen molar-refractivity contribution in [2.24, 2.45) is 28.6 Å². The third kappa shape index (κ3) is 1.77. The zero-order chi connectivity index (χ0) is 14.8. The number of carbonyl (C=O) groups excluding carboxylic acids is 2. The number of rotatable bonds is 2. The van der Waals surface area contributed by atoms with Gasteiger partial charge in [-0.15, -0.1) is 0 Å². The number of ketones is 2. The second-order valence-corrected chi connectivity index (χ2v) is 8.27. The number of hydrogen-bond acceptors (Lipinski definition) is 2. The summed E-state index contributed by atoms with van der Waals surface area (Å²) in [6, 6.07) is 0. The smallest absolute Gasteiger partial charge is 0.175 e. The van der Waals surface area contributed by atoms with Crippen LogP contribution in [0.5, 0.6) is 0 Å². The van der Waals surface area contributed by atoms with Crippen molar-refractivity contribution in [3.8, 4) is 0 Å². The largest absolute Gasteiger partial charge is 0.298 e. The van der Waals surface area contributed by atoms with Gasteiger partial charge in [0.1, 0.15) is 5.41 Å². The number of hydrogen-bond donors (Lipinski definition) is 0. The molecular weight excluding hydrogens is 260 g/mol. The lowest BCUT2D eigenvalue weighted by atomic mass is 9.46. The first-order valence-corrected chi connectivity index (χ1v) is 8.39. The molecule has 5 rings (SSSR count). The van der Waals surface area contributed by atoms with E-state index in [-0.39, 0.29) is 17.0 Å². The van der Waals surface area contributed by atoms with Gasteiger partial charge in [-0.1, -0.05) is 18.2 Å². The van der Waals surface area contributed by atoms with E-state index in [2.05, 4.69) is 0 Å². The molecule has 21 heavy (non-hydrogen) atoms. The van der Waals surface area contributed by atoms with E-state index in [1.165, 1.54) is 19.3 Å². The van der Waals surface area contributed by atoms with Gasteiger partial charge in [0.25, 0.3) is 0 Å². The van der Waals surface area contributed by atoms with Gasteiger partial charge in [-0.2, -0.15) is 0 Å². The molecule has 0 aromatic heterocycles. The van der Waals surface area contributed by atoms with Crippen LogP contribution in [0, 0.1) is 28.6 Å². The normalized spacial score (nSPS) is 47.6. The van der Waals surface area contributed by atoms with E-state index in [1.807, 2.05) is 32.1 Å². The topological polar surface area (TPSA) is 34.1 Å². The summed E-state index contributed by atoms with van der Waals surface area (Å²) in [5.41, 5.74) is -0.385. The molecule has 4 saturated carbocycles. The molecule has 0 aromatic rings. The second kappa shape index (κ2) is 4.18. The minimum absolute atomic E-state index is 0.0192. The third-order valence-corrected chi connectivity index (χ3v) is 6.60. The molecular formula is C19H24O2. The molecule has 4 fully saturated rings. The van der Waals surface area contributed by atoms with Crippen LogP contribution in [0.25, 0.3) is 0 Å². The lowest BCUT2D eigenvalue weighted by Gasteiger charge is -2.57. The van der Waals surface area contributed by atoms with Gasteiger partial charge in [0.15, 0.2) is 11.6 Å². The third-order valence-electron chi connectivity index (χ3n) is 6.60. The minimum Gasteiger partial charge on any atom is -0.298 e. The molecule has 0 amide bonds. The van der Waals surface area contributed by atoms with Crippen molar-refractivity contribution in [3.63, 3.8) is 0 Å². The van der Waals surface area contributed by atoms with Gasteiger partial charge in [-0.05, 0) is 75.7 Å². The molecule has 0 aliphatic heterocycles. The molecule has 112 valence electrons. The Morgan fingerprint density at radius 3 is 2.14 bits per heavy atom. The summed E-state index contributed by atoms with van der Waals surface area (Å²) in [5, 5.41) is 0. The van der Waals surface area contributed by atoms with E-state index in [0.29, 0.717) is 0 Å². The molecule has 0 radical (unpaired) electrons. The van der Waals surface area contributed by atoms with E-state index in [4.69, 9.17) is 0 Å². The van der Waals surface area contributed by atoms with Crippen molar-refractivity contribution in [1.29, 1.82) is 0 Å². The first-order chi connectivity index (χ1) is 9.93. The Morgan fingerprint density at radius 2 is 1.62 bits per heavy atom. The molecule has 0 spiro atoms. The van der Waals surface area contributed by atoms with Gasteiger partial charge < -0.3 is 0 Å². The van der Waals surface area contributed by atoms with E-state index >= 15 is 0 Å². The average molecular weight is 284 g/mol. The Morgan fingerprint density at radius 1 is 1.10 bits per heavy atom. The van der Waals surface area contributed by atoms with Crippen LogP contribution >= 0.6 is 0 Å². The maximum Gasteiger partial charge on any atom is 0.175 e.